The van der Waals surface area contributed by atoms with Crippen molar-refractivity contribution in [3.63, 3.8) is 0 Å². The smallest absolute Gasteiger partial charge is 0.407 e. The van der Waals surface area contributed by atoms with Gasteiger partial charge < -0.3 is 20.5 Å². The molecule has 0 aliphatic heterocycles. The number of nitrogens with one attached hydrogen (secondary N) is 2. The Kier molecular flexibility index (Phi) is 9.70. The summed E-state index contributed by atoms with van der Waals surface area (Å²) in [6, 6.07) is 15.5. The van der Waals surface area contributed by atoms with Crippen molar-refractivity contribution in [2.45, 2.75) is 76.8 Å². The van der Waals surface area contributed by atoms with Gasteiger partial charge in [-0.3, -0.25) is 9.59 Å². The average Bonchev–Trinajstić information content (AvgIpc) is 3.14. The van der Waals surface area contributed by atoms with Gasteiger partial charge in [-0.15, -0.1) is 0 Å². The molecule has 3 N–H and O–H groups in total. The van der Waals surface area contributed by atoms with Crippen molar-refractivity contribution in [2.24, 2.45) is 0 Å². The Morgan fingerprint density at radius 3 is 2.03 bits per heavy atom. The second-order valence-electron chi connectivity index (χ2n) is 9.16. The highest BCUT2D eigenvalue weighted by Gasteiger charge is 2.29. The second kappa shape index (κ2) is 12.9. The lowest BCUT2D eigenvalue weighted by Crippen LogP contribution is -2.43. The van der Waals surface area contributed by atoms with Crippen molar-refractivity contribution >= 4 is 18.0 Å². The van der Waals surface area contributed by atoms with Gasteiger partial charge in [0.25, 0.3) is 0 Å². The van der Waals surface area contributed by atoms with E-state index in [4.69, 9.17) is 9.84 Å². The summed E-state index contributed by atoms with van der Waals surface area (Å²) >= 11 is 0. The molecular formula is C28H36N2O5. The van der Waals surface area contributed by atoms with Crippen molar-refractivity contribution in [3.8, 4) is 11.1 Å². The van der Waals surface area contributed by atoms with Crippen LogP contribution < -0.4 is 10.6 Å². The van der Waals surface area contributed by atoms with E-state index in [9.17, 15) is 14.4 Å². The molecule has 0 spiro atoms. The SMILES string of the molecule is CCCC[C@H](CC(=O)O)NC(=O)CC(CCC)NC(=O)OCC1c2ccccc2-c2ccccc21. The predicted octanol–water partition coefficient (Wildman–Crippen LogP) is 5.23. The maximum Gasteiger partial charge on any atom is 0.407 e. The summed E-state index contributed by atoms with van der Waals surface area (Å²) in [4.78, 5) is 36.4. The Morgan fingerprint density at radius 2 is 1.46 bits per heavy atom. The Labute approximate surface area is 207 Å². The molecule has 0 heterocycles. The fraction of sp³-hybridized carbons (Fsp3) is 0.464. The number of ether oxygens (including phenoxy) is 1. The quantitative estimate of drug-likeness (QED) is 0.364. The van der Waals surface area contributed by atoms with Gasteiger partial charge in [0.2, 0.25) is 5.91 Å². The monoisotopic (exact) mass is 480 g/mol. The van der Waals surface area contributed by atoms with Crippen LogP contribution in [0.1, 0.15) is 75.8 Å². The number of hydrogen-bond donors (Lipinski definition) is 3. The first kappa shape index (κ1) is 26.3. The van der Waals surface area contributed by atoms with E-state index in [2.05, 4.69) is 34.9 Å². The largest absolute Gasteiger partial charge is 0.481 e. The van der Waals surface area contributed by atoms with Crippen LogP contribution in [-0.4, -0.2) is 41.8 Å². The molecule has 0 fully saturated rings. The number of alkyl carbamates (subject to hydrolysis) is 1. The first-order valence-electron chi connectivity index (χ1n) is 12.6. The van der Waals surface area contributed by atoms with Crippen molar-refractivity contribution in [1.29, 1.82) is 0 Å². The molecule has 1 aliphatic rings. The van der Waals surface area contributed by atoms with Crippen molar-refractivity contribution in [3.05, 3.63) is 59.7 Å². The van der Waals surface area contributed by atoms with Crippen LogP contribution in [0.5, 0.6) is 0 Å². The molecule has 0 aromatic heterocycles. The van der Waals surface area contributed by atoms with Crippen LogP contribution in [0.25, 0.3) is 11.1 Å². The summed E-state index contributed by atoms with van der Waals surface area (Å²) in [6.45, 7) is 4.22. The summed E-state index contributed by atoms with van der Waals surface area (Å²) in [5.74, 6) is -1.23. The number of rotatable bonds is 13. The van der Waals surface area contributed by atoms with E-state index >= 15 is 0 Å². The Bertz CT molecular complexity index is 976. The molecule has 0 saturated heterocycles. The molecule has 188 valence electrons. The summed E-state index contributed by atoms with van der Waals surface area (Å²) in [5.41, 5.74) is 4.61. The van der Waals surface area contributed by atoms with Gasteiger partial charge >= 0.3 is 12.1 Å². The van der Waals surface area contributed by atoms with E-state index in [1.807, 2.05) is 38.1 Å². The Morgan fingerprint density at radius 1 is 0.857 bits per heavy atom. The molecule has 0 radical (unpaired) electrons. The van der Waals surface area contributed by atoms with E-state index in [0.717, 1.165) is 41.5 Å². The van der Waals surface area contributed by atoms with Crippen molar-refractivity contribution in [2.75, 3.05) is 6.61 Å². The zero-order valence-electron chi connectivity index (χ0n) is 20.6. The van der Waals surface area contributed by atoms with Gasteiger partial charge in [0.05, 0.1) is 6.42 Å². The topological polar surface area (TPSA) is 105 Å². The molecule has 1 unspecified atom stereocenters. The minimum Gasteiger partial charge on any atom is -0.481 e. The van der Waals surface area contributed by atoms with E-state index in [0.29, 0.717) is 12.8 Å². The van der Waals surface area contributed by atoms with Crippen LogP contribution in [0, 0.1) is 0 Å². The van der Waals surface area contributed by atoms with E-state index in [1.165, 1.54) is 0 Å². The van der Waals surface area contributed by atoms with E-state index in [-0.39, 0.29) is 37.3 Å². The Balaban J connectivity index is 1.56. The first-order chi connectivity index (χ1) is 16.9. The fourth-order valence-corrected chi connectivity index (χ4v) is 4.78. The lowest BCUT2D eigenvalue weighted by Gasteiger charge is -2.21. The third-order valence-corrected chi connectivity index (χ3v) is 6.43. The van der Waals surface area contributed by atoms with Crippen LogP contribution in [-0.2, 0) is 14.3 Å². The molecule has 0 bridgehead atoms. The van der Waals surface area contributed by atoms with Gasteiger partial charge in [-0.25, -0.2) is 4.79 Å². The molecule has 35 heavy (non-hydrogen) atoms. The number of carbonyl (C=O) groups is 3. The number of fused-ring (bicyclic) bond motifs is 3. The molecule has 7 nitrogen and oxygen atoms in total. The van der Waals surface area contributed by atoms with Gasteiger partial charge in [0.1, 0.15) is 6.61 Å². The molecule has 0 saturated carbocycles. The molecule has 1 aliphatic carbocycles. The third-order valence-electron chi connectivity index (χ3n) is 6.43. The highest BCUT2D eigenvalue weighted by atomic mass is 16.5. The van der Waals surface area contributed by atoms with E-state index in [1.54, 1.807) is 0 Å². The van der Waals surface area contributed by atoms with Crippen LogP contribution in [0.3, 0.4) is 0 Å². The molecule has 2 aromatic rings. The van der Waals surface area contributed by atoms with Crippen LogP contribution >= 0.6 is 0 Å². The maximum absolute atomic E-state index is 12.7. The number of carboxylic acid groups (broad SMARTS) is 1. The third kappa shape index (κ3) is 7.31. The van der Waals surface area contributed by atoms with Crippen LogP contribution in [0.15, 0.2) is 48.5 Å². The number of unbranched alkanes of at least 4 members (excludes halogenated alkanes) is 1. The predicted molar refractivity (Wildman–Crippen MR) is 135 cm³/mol. The number of aliphatic carboxylic acids is 1. The number of carboxylic acids is 1. The fourth-order valence-electron chi connectivity index (χ4n) is 4.78. The van der Waals surface area contributed by atoms with Crippen LogP contribution in [0.4, 0.5) is 4.79 Å². The first-order valence-corrected chi connectivity index (χ1v) is 12.6. The molecule has 3 rings (SSSR count). The van der Waals surface area contributed by atoms with Crippen molar-refractivity contribution in [1.82, 2.24) is 10.6 Å². The number of amides is 2. The number of carbonyl (C=O) groups excluding carboxylic acids is 2. The summed E-state index contributed by atoms with van der Waals surface area (Å²) in [5, 5.41) is 14.8. The molecule has 7 heteroatoms. The molecule has 2 amide bonds. The molecule has 2 atom stereocenters. The minimum absolute atomic E-state index is 0.0311. The van der Waals surface area contributed by atoms with Gasteiger partial charge in [0, 0.05) is 24.4 Å². The minimum atomic E-state index is -0.937. The number of benzene rings is 2. The zero-order chi connectivity index (χ0) is 25.2. The van der Waals surface area contributed by atoms with Gasteiger partial charge in [-0.05, 0) is 35.1 Å². The lowest BCUT2D eigenvalue weighted by atomic mass is 9.98. The molecule has 2 aromatic carbocycles. The van der Waals surface area contributed by atoms with Gasteiger partial charge in [-0.2, -0.15) is 0 Å². The second-order valence-corrected chi connectivity index (χ2v) is 9.16. The zero-order valence-corrected chi connectivity index (χ0v) is 20.6. The van der Waals surface area contributed by atoms with E-state index < -0.39 is 18.1 Å². The Hall–Kier alpha value is -3.35. The lowest BCUT2D eigenvalue weighted by molar-refractivity contribution is -0.137. The summed E-state index contributed by atoms with van der Waals surface area (Å²) in [7, 11) is 0. The maximum atomic E-state index is 12.7. The highest BCUT2D eigenvalue weighted by Crippen LogP contribution is 2.44. The number of hydrogen-bond acceptors (Lipinski definition) is 4. The van der Waals surface area contributed by atoms with Gasteiger partial charge in [0.15, 0.2) is 0 Å². The van der Waals surface area contributed by atoms with Crippen LogP contribution in [0.2, 0.25) is 0 Å². The highest BCUT2D eigenvalue weighted by molar-refractivity contribution is 5.80. The van der Waals surface area contributed by atoms with Crippen molar-refractivity contribution < 1.29 is 24.2 Å². The van der Waals surface area contributed by atoms with Gasteiger partial charge in [-0.1, -0.05) is 81.6 Å². The molecular weight excluding hydrogens is 444 g/mol. The normalized spacial score (nSPS) is 13.9. The standard InChI is InChI=1S/C28H36N2O5/c1-3-5-11-20(17-27(32)33)29-26(31)16-19(10-4-2)30-28(34)35-18-25-23-14-8-6-12-21(23)22-13-7-9-15-24(22)25/h6-9,12-15,19-20,25H,3-5,10-11,16-18H2,1-2H3,(H,29,31)(H,30,34)(H,32,33)/t19?,20-/m1/s1. The summed E-state index contributed by atoms with van der Waals surface area (Å²) < 4.78 is 5.63. The summed E-state index contributed by atoms with van der Waals surface area (Å²) in [6.07, 6.45) is 3.22. The average molecular weight is 481 g/mol.